The van der Waals surface area contributed by atoms with Gasteiger partial charge in [-0.3, -0.25) is 0 Å². The van der Waals surface area contributed by atoms with E-state index < -0.39 is 0 Å². The summed E-state index contributed by atoms with van der Waals surface area (Å²) in [6, 6.07) is 13.2. The number of anilines is 1. The molecular formula is C15H16N2O2. The number of nitriles is 1. The van der Waals surface area contributed by atoms with Crippen LogP contribution in [0.3, 0.4) is 0 Å². The van der Waals surface area contributed by atoms with E-state index in [1.54, 1.807) is 12.1 Å². The maximum Gasteiger partial charge on any atom is 0.203 e. The summed E-state index contributed by atoms with van der Waals surface area (Å²) in [6.07, 6.45) is 1.000. The van der Waals surface area contributed by atoms with Gasteiger partial charge in [-0.15, -0.1) is 0 Å². The summed E-state index contributed by atoms with van der Waals surface area (Å²) in [5.74, 6) is 1.94. The molecule has 1 heterocycles. The predicted molar refractivity (Wildman–Crippen MR) is 73.0 cm³/mol. The highest BCUT2D eigenvalue weighted by molar-refractivity contribution is 5.46. The summed E-state index contributed by atoms with van der Waals surface area (Å²) in [4.78, 5) is 0. The molecule has 4 nitrogen and oxygen atoms in total. The van der Waals surface area contributed by atoms with E-state index in [9.17, 15) is 0 Å². The van der Waals surface area contributed by atoms with Crippen LogP contribution in [-0.4, -0.2) is 6.61 Å². The van der Waals surface area contributed by atoms with Crippen molar-refractivity contribution in [1.82, 2.24) is 0 Å². The van der Waals surface area contributed by atoms with Gasteiger partial charge in [0.15, 0.2) is 0 Å². The second-order valence-electron chi connectivity index (χ2n) is 4.10. The number of hydrogen-bond acceptors (Lipinski definition) is 4. The molecule has 0 saturated carbocycles. The highest BCUT2D eigenvalue weighted by atomic mass is 16.5. The first-order valence-corrected chi connectivity index (χ1v) is 6.27. The molecule has 2 aromatic rings. The van der Waals surface area contributed by atoms with Crippen LogP contribution in [0.1, 0.15) is 24.9 Å². The van der Waals surface area contributed by atoms with Crippen molar-refractivity contribution in [2.24, 2.45) is 0 Å². The fourth-order valence-corrected chi connectivity index (χ4v) is 1.61. The Labute approximate surface area is 112 Å². The van der Waals surface area contributed by atoms with Gasteiger partial charge in [-0.2, -0.15) is 5.26 Å². The van der Waals surface area contributed by atoms with Gasteiger partial charge < -0.3 is 14.5 Å². The third-order valence-corrected chi connectivity index (χ3v) is 2.57. The lowest BCUT2D eigenvalue weighted by molar-refractivity contribution is 0.317. The lowest BCUT2D eigenvalue weighted by Gasteiger charge is -2.07. The van der Waals surface area contributed by atoms with Gasteiger partial charge in [-0.1, -0.05) is 6.92 Å². The van der Waals surface area contributed by atoms with E-state index in [1.165, 1.54) is 0 Å². The number of nitrogens with one attached hydrogen (secondary N) is 1. The van der Waals surface area contributed by atoms with Crippen molar-refractivity contribution in [3.8, 4) is 11.8 Å². The van der Waals surface area contributed by atoms with Crippen molar-refractivity contribution in [3.63, 3.8) is 0 Å². The smallest absolute Gasteiger partial charge is 0.203 e. The van der Waals surface area contributed by atoms with Gasteiger partial charge in [0.25, 0.3) is 0 Å². The lowest BCUT2D eigenvalue weighted by Crippen LogP contribution is -1.98. The Morgan fingerprint density at radius 1 is 1.21 bits per heavy atom. The number of rotatable bonds is 6. The molecule has 0 bridgehead atoms. The molecular weight excluding hydrogens is 240 g/mol. The standard InChI is InChI=1S/C15H16N2O2/c1-2-9-18-13-5-3-12(4-6-13)17-11-15-8-7-14(10-16)19-15/h3-8,17H,2,9,11H2,1H3. The van der Waals surface area contributed by atoms with Crippen LogP contribution in [-0.2, 0) is 6.54 Å². The molecule has 0 spiro atoms. The third-order valence-electron chi connectivity index (χ3n) is 2.57. The summed E-state index contributed by atoms with van der Waals surface area (Å²) in [5.41, 5.74) is 0.985. The first-order chi connectivity index (χ1) is 9.31. The molecule has 0 fully saturated rings. The Morgan fingerprint density at radius 3 is 2.63 bits per heavy atom. The molecule has 0 amide bonds. The molecule has 4 heteroatoms. The highest BCUT2D eigenvalue weighted by Crippen LogP contribution is 2.17. The monoisotopic (exact) mass is 256 g/mol. The summed E-state index contributed by atoms with van der Waals surface area (Å²) >= 11 is 0. The van der Waals surface area contributed by atoms with E-state index in [4.69, 9.17) is 14.4 Å². The summed E-state index contributed by atoms with van der Waals surface area (Å²) in [6.45, 7) is 3.36. The average molecular weight is 256 g/mol. The topological polar surface area (TPSA) is 58.2 Å². The average Bonchev–Trinajstić information content (AvgIpc) is 2.92. The van der Waals surface area contributed by atoms with Crippen LogP contribution in [0.25, 0.3) is 0 Å². The van der Waals surface area contributed by atoms with Crippen molar-refractivity contribution in [3.05, 3.63) is 47.9 Å². The Balaban J connectivity index is 1.87. The van der Waals surface area contributed by atoms with Gasteiger partial charge >= 0.3 is 0 Å². The summed E-state index contributed by atoms with van der Waals surface area (Å²) < 4.78 is 10.8. The Kier molecular flexibility index (Phi) is 4.46. The van der Waals surface area contributed by atoms with Crippen LogP contribution in [0.4, 0.5) is 5.69 Å². The zero-order valence-corrected chi connectivity index (χ0v) is 10.8. The summed E-state index contributed by atoms with van der Waals surface area (Å²) in [7, 11) is 0. The maximum absolute atomic E-state index is 8.66. The van der Waals surface area contributed by atoms with Gasteiger partial charge in [0, 0.05) is 5.69 Å². The quantitative estimate of drug-likeness (QED) is 0.858. The number of ether oxygens (including phenoxy) is 1. The molecule has 0 saturated heterocycles. The Morgan fingerprint density at radius 2 is 2.00 bits per heavy atom. The molecule has 1 aromatic carbocycles. The molecule has 0 radical (unpaired) electrons. The van der Waals surface area contributed by atoms with Crippen LogP contribution in [0.2, 0.25) is 0 Å². The Hall–Kier alpha value is -2.41. The van der Waals surface area contributed by atoms with Gasteiger partial charge in [-0.05, 0) is 42.8 Å². The van der Waals surface area contributed by atoms with Gasteiger partial charge in [0.1, 0.15) is 17.6 Å². The minimum absolute atomic E-state index is 0.333. The van der Waals surface area contributed by atoms with E-state index >= 15 is 0 Å². The molecule has 0 atom stereocenters. The van der Waals surface area contributed by atoms with Crippen molar-refractivity contribution in [2.75, 3.05) is 11.9 Å². The van der Waals surface area contributed by atoms with Crippen LogP contribution in [0, 0.1) is 11.3 Å². The normalized spacial score (nSPS) is 9.89. The molecule has 1 N–H and O–H groups in total. The fourth-order valence-electron chi connectivity index (χ4n) is 1.61. The maximum atomic E-state index is 8.66. The molecule has 1 aromatic heterocycles. The first kappa shape index (κ1) is 13.0. The van der Waals surface area contributed by atoms with Crippen molar-refractivity contribution >= 4 is 5.69 Å². The number of hydrogen-bond donors (Lipinski definition) is 1. The van der Waals surface area contributed by atoms with E-state index in [0.29, 0.717) is 12.3 Å². The lowest BCUT2D eigenvalue weighted by atomic mass is 10.3. The predicted octanol–water partition coefficient (Wildman–Crippen LogP) is 3.55. The highest BCUT2D eigenvalue weighted by Gasteiger charge is 2.01. The number of furan rings is 1. The van der Waals surface area contributed by atoms with Crippen molar-refractivity contribution in [2.45, 2.75) is 19.9 Å². The third kappa shape index (κ3) is 3.78. The van der Waals surface area contributed by atoms with Crippen molar-refractivity contribution < 1.29 is 9.15 Å². The molecule has 0 unspecified atom stereocenters. The first-order valence-electron chi connectivity index (χ1n) is 6.27. The number of nitrogens with zero attached hydrogens (tertiary/aromatic N) is 1. The van der Waals surface area contributed by atoms with Crippen LogP contribution >= 0.6 is 0 Å². The minimum Gasteiger partial charge on any atom is -0.494 e. The summed E-state index contributed by atoms with van der Waals surface area (Å²) in [5, 5.41) is 11.9. The molecule has 0 aliphatic rings. The largest absolute Gasteiger partial charge is 0.494 e. The van der Waals surface area contributed by atoms with E-state index in [1.807, 2.05) is 30.3 Å². The molecule has 0 aliphatic carbocycles. The van der Waals surface area contributed by atoms with Crippen LogP contribution < -0.4 is 10.1 Å². The number of benzene rings is 1. The van der Waals surface area contributed by atoms with E-state index in [0.717, 1.165) is 30.2 Å². The van der Waals surface area contributed by atoms with E-state index in [2.05, 4.69) is 12.2 Å². The molecule has 19 heavy (non-hydrogen) atoms. The Bertz CT molecular complexity index is 552. The second kappa shape index (κ2) is 6.50. The van der Waals surface area contributed by atoms with Gasteiger partial charge in [0.2, 0.25) is 5.76 Å². The SMILES string of the molecule is CCCOc1ccc(NCc2ccc(C#N)o2)cc1. The van der Waals surface area contributed by atoms with Gasteiger partial charge in [0.05, 0.1) is 13.2 Å². The molecule has 98 valence electrons. The van der Waals surface area contributed by atoms with Crippen LogP contribution in [0.5, 0.6) is 5.75 Å². The zero-order valence-electron chi connectivity index (χ0n) is 10.8. The van der Waals surface area contributed by atoms with Crippen molar-refractivity contribution in [1.29, 1.82) is 5.26 Å². The molecule has 0 aliphatic heterocycles. The minimum atomic E-state index is 0.333. The zero-order chi connectivity index (χ0) is 13.5. The van der Waals surface area contributed by atoms with E-state index in [-0.39, 0.29) is 0 Å². The fraction of sp³-hybridized carbons (Fsp3) is 0.267. The second-order valence-corrected chi connectivity index (χ2v) is 4.10. The molecule has 2 rings (SSSR count). The van der Waals surface area contributed by atoms with Crippen LogP contribution in [0.15, 0.2) is 40.8 Å². The van der Waals surface area contributed by atoms with Gasteiger partial charge in [-0.25, -0.2) is 0 Å².